The molecule has 5 heteroatoms. The fourth-order valence-corrected chi connectivity index (χ4v) is 8.89. The molecule has 0 unspecified atom stereocenters. The van der Waals surface area contributed by atoms with E-state index in [-0.39, 0.29) is 0 Å². The third-order valence-corrected chi connectivity index (χ3v) is 11.7. The SMILES string of the molecule is CCCCc1cccc(-n2c3ccccc3c3cc4c(cc32)c2ccccc2n4-c2cccc(-c3ccccc3-c3nc(-c4ccccc4)nc(-c4ccccc4)n3)c2)c1. The summed E-state index contributed by atoms with van der Waals surface area (Å²) in [5.41, 5.74) is 13.4. The zero-order valence-electron chi connectivity index (χ0n) is 33.3. The van der Waals surface area contributed by atoms with Crippen molar-refractivity contribution in [2.75, 3.05) is 0 Å². The Kier molecular flexibility index (Phi) is 8.85. The molecule has 60 heavy (non-hydrogen) atoms. The fraction of sp³-hybridized carbons (Fsp3) is 0.0727. The maximum absolute atomic E-state index is 5.11. The van der Waals surface area contributed by atoms with Crippen molar-refractivity contribution in [3.05, 3.63) is 200 Å². The van der Waals surface area contributed by atoms with Crippen molar-refractivity contribution < 1.29 is 0 Å². The van der Waals surface area contributed by atoms with Crippen molar-refractivity contribution in [2.45, 2.75) is 26.2 Å². The summed E-state index contributed by atoms with van der Waals surface area (Å²) < 4.78 is 4.88. The molecule has 11 rings (SSSR count). The van der Waals surface area contributed by atoms with Gasteiger partial charge in [-0.05, 0) is 78.1 Å². The molecule has 11 aromatic rings. The van der Waals surface area contributed by atoms with E-state index in [9.17, 15) is 0 Å². The van der Waals surface area contributed by atoms with Gasteiger partial charge in [-0.15, -0.1) is 0 Å². The zero-order valence-corrected chi connectivity index (χ0v) is 33.3. The number of rotatable bonds is 9. The Morgan fingerprint density at radius 3 is 1.45 bits per heavy atom. The molecule has 0 amide bonds. The summed E-state index contributed by atoms with van der Waals surface area (Å²) >= 11 is 0. The molecule has 0 aliphatic rings. The first-order valence-electron chi connectivity index (χ1n) is 20.8. The lowest BCUT2D eigenvalue weighted by molar-refractivity contribution is 0.794. The second-order valence-electron chi connectivity index (χ2n) is 15.5. The standard InChI is InChI=1S/C55H41N5/c1-2-3-18-37-19-16-25-41(33-37)59-49-31-14-12-28-44(49)47-36-52-48(35-51(47)59)45-29-13-15-32-50(45)60(52)42-26-17-24-40(34-42)43-27-10-11-30-46(43)55-57-53(38-20-6-4-7-21-38)56-54(58-55)39-22-8-5-9-23-39/h4-17,19-36H,2-3,18H2,1H3. The summed E-state index contributed by atoms with van der Waals surface area (Å²) in [4.78, 5) is 15.2. The number of nitrogens with zero attached hydrogens (tertiary/aromatic N) is 5. The summed E-state index contributed by atoms with van der Waals surface area (Å²) in [7, 11) is 0. The van der Waals surface area contributed by atoms with Crippen LogP contribution in [0.5, 0.6) is 0 Å². The predicted molar refractivity (Wildman–Crippen MR) is 249 cm³/mol. The van der Waals surface area contributed by atoms with Crippen LogP contribution in [0, 0.1) is 0 Å². The van der Waals surface area contributed by atoms with Gasteiger partial charge >= 0.3 is 0 Å². The topological polar surface area (TPSA) is 48.5 Å². The number of aryl methyl sites for hydroxylation is 1. The van der Waals surface area contributed by atoms with Crippen molar-refractivity contribution in [3.63, 3.8) is 0 Å². The zero-order chi connectivity index (χ0) is 40.0. The molecule has 3 heterocycles. The van der Waals surface area contributed by atoms with Crippen molar-refractivity contribution in [1.29, 1.82) is 0 Å². The lowest BCUT2D eigenvalue weighted by Crippen LogP contribution is -2.01. The molecule has 0 N–H and O–H groups in total. The van der Waals surface area contributed by atoms with E-state index in [1.807, 2.05) is 60.7 Å². The van der Waals surface area contributed by atoms with Crippen LogP contribution in [0.4, 0.5) is 0 Å². The summed E-state index contributed by atoms with van der Waals surface area (Å²) in [5, 5.41) is 4.93. The van der Waals surface area contributed by atoms with Crippen LogP contribution in [0.3, 0.4) is 0 Å². The first-order valence-corrected chi connectivity index (χ1v) is 20.8. The van der Waals surface area contributed by atoms with Gasteiger partial charge in [0.25, 0.3) is 0 Å². The van der Waals surface area contributed by atoms with Gasteiger partial charge in [0.05, 0.1) is 22.1 Å². The van der Waals surface area contributed by atoms with Crippen LogP contribution in [0.25, 0.3) is 100 Å². The van der Waals surface area contributed by atoms with Gasteiger partial charge < -0.3 is 9.13 Å². The molecule has 0 spiro atoms. The van der Waals surface area contributed by atoms with Crippen LogP contribution in [-0.4, -0.2) is 24.1 Å². The predicted octanol–water partition coefficient (Wildman–Crippen LogP) is 14.1. The van der Waals surface area contributed by atoms with Crippen LogP contribution in [0.15, 0.2) is 194 Å². The molecule has 5 nitrogen and oxygen atoms in total. The summed E-state index contributed by atoms with van der Waals surface area (Å²) in [5.74, 6) is 1.92. The summed E-state index contributed by atoms with van der Waals surface area (Å²) in [6.45, 7) is 2.26. The molecular weight excluding hydrogens is 731 g/mol. The van der Waals surface area contributed by atoms with Crippen molar-refractivity contribution in [2.24, 2.45) is 0 Å². The van der Waals surface area contributed by atoms with Gasteiger partial charge in [0.1, 0.15) is 0 Å². The molecule has 0 aliphatic heterocycles. The minimum atomic E-state index is 0.634. The maximum atomic E-state index is 5.11. The molecular formula is C55H41N5. The van der Waals surface area contributed by atoms with Gasteiger partial charge in [0, 0.05) is 49.6 Å². The largest absolute Gasteiger partial charge is 0.309 e. The van der Waals surface area contributed by atoms with Gasteiger partial charge in [-0.25, -0.2) is 15.0 Å². The fourth-order valence-electron chi connectivity index (χ4n) is 8.89. The minimum absolute atomic E-state index is 0.634. The average Bonchev–Trinajstić information content (AvgIpc) is 3.82. The molecule has 286 valence electrons. The van der Waals surface area contributed by atoms with E-state index in [1.54, 1.807) is 0 Å². The van der Waals surface area contributed by atoms with Crippen LogP contribution in [0.1, 0.15) is 25.3 Å². The number of fused-ring (bicyclic) bond motifs is 6. The first kappa shape index (κ1) is 35.5. The van der Waals surface area contributed by atoms with Crippen molar-refractivity contribution in [3.8, 4) is 56.7 Å². The van der Waals surface area contributed by atoms with Gasteiger partial charge in [-0.3, -0.25) is 0 Å². The third-order valence-electron chi connectivity index (χ3n) is 11.7. The minimum Gasteiger partial charge on any atom is -0.309 e. The second-order valence-corrected chi connectivity index (χ2v) is 15.5. The number of hydrogen-bond acceptors (Lipinski definition) is 3. The summed E-state index contributed by atoms with van der Waals surface area (Å²) in [6.07, 6.45) is 3.45. The highest BCUT2D eigenvalue weighted by Gasteiger charge is 2.20. The van der Waals surface area contributed by atoms with E-state index in [0.717, 1.165) is 39.9 Å². The Morgan fingerprint density at radius 1 is 0.367 bits per heavy atom. The van der Waals surface area contributed by atoms with Crippen molar-refractivity contribution in [1.82, 2.24) is 24.1 Å². The highest BCUT2D eigenvalue weighted by Crippen LogP contribution is 2.41. The van der Waals surface area contributed by atoms with Gasteiger partial charge in [-0.2, -0.15) is 0 Å². The Morgan fingerprint density at radius 2 is 0.850 bits per heavy atom. The van der Waals surface area contributed by atoms with E-state index >= 15 is 0 Å². The summed E-state index contributed by atoms with van der Waals surface area (Å²) in [6, 6.07) is 69.1. The molecule has 0 atom stereocenters. The Balaban J connectivity index is 1.09. The van der Waals surface area contributed by atoms with Crippen LogP contribution in [-0.2, 0) is 6.42 Å². The molecule has 0 fully saturated rings. The molecule has 0 saturated carbocycles. The molecule has 0 bridgehead atoms. The number of aromatic nitrogens is 5. The van der Waals surface area contributed by atoms with E-state index < -0.39 is 0 Å². The van der Waals surface area contributed by atoms with Crippen LogP contribution in [0.2, 0.25) is 0 Å². The van der Waals surface area contributed by atoms with E-state index in [1.165, 1.54) is 67.7 Å². The van der Waals surface area contributed by atoms with E-state index in [0.29, 0.717) is 17.5 Å². The maximum Gasteiger partial charge on any atom is 0.164 e. The van der Waals surface area contributed by atoms with Gasteiger partial charge in [0.15, 0.2) is 17.5 Å². The lowest BCUT2D eigenvalue weighted by Gasteiger charge is -2.14. The second kappa shape index (κ2) is 14.9. The molecule has 0 aliphatic carbocycles. The number of benzene rings is 8. The van der Waals surface area contributed by atoms with Gasteiger partial charge in [0.2, 0.25) is 0 Å². The van der Waals surface area contributed by atoms with Gasteiger partial charge in [-0.1, -0.05) is 159 Å². The monoisotopic (exact) mass is 771 g/mol. The number of para-hydroxylation sites is 2. The first-order chi connectivity index (χ1) is 29.7. The highest BCUT2D eigenvalue weighted by atomic mass is 15.0. The van der Waals surface area contributed by atoms with Crippen molar-refractivity contribution >= 4 is 43.6 Å². The molecule has 8 aromatic carbocycles. The molecule has 3 aromatic heterocycles. The smallest absolute Gasteiger partial charge is 0.164 e. The normalized spacial score (nSPS) is 11.6. The Hall–Kier alpha value is -7.63. The highest BCUT2D eigenvalue weighted by molar-refractivity contribution is 6.19. The Bertz CT molecular complexity index is 3300. The quantitative estimate of drug-likeness (QED) is 0.147. The lowest BCUT2D eigenvalue weighted by atomic mass is 9.98. The number of unbranched alkanes of at least 4 members (excludes halogenated alkanes) is 1. The van der Waals surface area contributed by atoms with E-state index in [4.69, 9.17) is 15.0 Å². The van der Waals surface area contributed by atoms with Crippen LogP contribution < -0.4 is 0 Å². The third kappa shape index (κ3) is 6.14. The van der Waals surface area contributed by atoms with E-state index in [2.05, 4.69) is 150 Å². The average molecular weight is 772 g/mol. The Labute approximate surface area is 348 Å². The number of hydrogen-bond donors (Lipinski definition) is 0. The molecule has 0 radical (unpaired) electrons. The molecule has 0 saturated heterocycles. The van der Waals surface area contributed by atoms with Crippen LogP contribution >= 0.6 is 0 Å².